The summed E-state index contributed by atoms with van der Waals surface area (Å²) in [5.41, 5.74) is 1.12. The number of carbonyl (C=O) groups is 1. The summed E-state index contributed by atoms with van der Waals surface area (Å²) in [5, 5.41) is 0. The number of imidazole rings is 1. The molecule has 0 saturated carbocycles. The van der Waals surface area contributed by atoms with Gasteiger partial charge in [0.2, 0.25) is 5.78 Å². The van der Waals surface area contributed by atoms with Gasteiger partial charge in [0, 0.05) is 23.7 Å². The summed E-state index contributed by atoms with van der Waals surface area (Å²) in [6.07, 6.45) is 3.69. The first kappa shape index (κ1) is 13.2. The van der Waals surface area contributed by atoms with Crippen LogP contribution in [-0.4, -0.2) is 20.7 Å². The van der Waals surface area contributed by atoms with Gasteiger partial charge < -0.3 is 9.97 Å². The van der Waals surface area contributed by atoms with Crippen molar-refractivity contribution in [2.45, 2.75) is 13.3 Å². The molecule has 0 saturated heterocycles. The fourth-order valence-corrected chi connectivity index (χ4v) is 1.53. The van der Waals surface area contributed by atoms with Gasteiger partial charge in [-0.2, -0.15) is 0 Å². The topological polar surface area (TPSA) is 78.6 Å². The molecule has 2 aromatic heterocycles. The van der Waals surface area contributed by atoms with E-state index in [1.807, 2.05) is 6.92 Å². The standard InChI is InChI=1S/C11H11N3O2.ClH/c1-2-8-9(14-11(16)13-8)10(15)7-3-5-12-6-4-7;/h3-6H,2H2,1H3,(H2,13,14,16);1H. The molecule has 0 aromatic carbocycles. The fraction of sp³-hybridized carbons (Fsp3) is 0.182. The summed E-state index contributed by atoms with van der Waals surface area (Å²) in [4.78, 5) is 32.1. The van der Waals surface area contributed by atoms with E-state index in [9.17, 15) is 9.59 Å². The molecule has 0 aliphatic heterocycles. The zero-order valence-corrected chi connectivity index (χ0v) is 10.0. The van der Waals surface area contributed by atoms with Crippen molar-refractivity contribution < 1.29 is 4.79 Å². The minimum atomic E-state index is -0.353. The number of rotatable bonds is 3. The van der Waals surface area contributed by atoms with Crippen molar-refractivity contribution in [2.24, 2.45) is 0 Å². The van der Waals surface area contributed by atoms with Crippen LogP contribution < -0.4 is 5.69 Å². The first-order valence-corrected chi connectivity index (χ1v) is 4.98. The SMILES string of the molecule is CCc1[nH]c(=O)[nH]c1C(=O)c1ccncc1.Cl. The zero-order valence-electron chi connectivity index (χ0n) is 9.19. The van der Waals surface area contributed by atoms with E-state index in [4.69, 9.17) is 0 Å². The Bertz CT molecular complexity index is 560. The highest BCUT2D eigenvalue weighted by molar-refractivity contribution is 6.08. The number of aryl methyl sites for hydroxylation is 1. The number of hydrogen-bond donors (Lipinski definition) is 2. The molecule has 6 heteroatoms. The average Bonchev–Trinajstić information content (AvgIpc) is 2.70. The Hall–Kier alpha value is -1.88. The number of pyridine rings is 1. The van der Waals surface area contributed by atoms with Crippen LogP contribution in [0.15, 0.2) is 29.3 Å². The molecule has 17 heavy (non-hydrogen) atoms. The second-order valence-electron chi connectivity index (χ2n) is 3.35. The van der Waals surface area contributed by atoms with Gasteiger partial charge in [-0.3, -0.25) is 9.78 Å². The monoisotopic (exact) mass is 253 g/mol. The highest BCUT2D eigenvalue weighted by Gasteiger charge is 2.15. The lowest BCUT2D eigenvalue weighted by atomic mass is 10.1. The van der Waals surface area contributed by atoms with Gasteiger partial charge in [0.15, 0.2) is 0 Å². The predicted molar refractivity (Wildman–Crippen MR) is 65.7 cm³/mol. The maximum Gasteiger partial charge on any atom is 0.323 e. The third-order valence-corrected chi connectivity index (χ3v) is 2.33. The Morgan fingerprint density at radius 2 is 1.94 bits per heavy atom. The maximum atomic E-state index is 12.0. The lowest BCUT2D eigenvalue weighted by Crippen LogP contribution is -2.07. The lowest BCUT2D eigenvalue weighted by molar-refractivity contribution is 0.103. The second kappa shape index (κ2) is 5.45. The van der Waals surface area contributed by atoms with Crippen LogP contribution in [0.5, 0.6) is 0 Å². The molecule has 2 rings (SSSR count). The normalized spacial score (nSPS) is 9.71. The molecule has 2 heterocycles. The number of ketones is 1. The number of hydrogen-bond acceptors (Lipinski definition) is 3. The molecule has 0 fully saturated rings. The average molecular weight is 254 g/mol. The minimum absolute atomic E-state index is 0. The highest BCUT2D eigenvalue weighted by Crippen LogP contribution is 2.09. The number of aromatic nitrogens is 3. The molecular weight excluding hydrogens is 242 g/mol. The summed E-state index contributed by atoms with van der Waals surface area (Å²) < 4.78 is 0. The van der Waals surface area contributed by atoms with Gasteiger partial charge in [0.05, 0.1) is 0 Å². The van der Waals surface area contributed by atoms with Gasteiger partial charge in [-0.15, -0.1) is 12.4 Å². The summed E-state index contributed by atoms with van der Waals surface area (Å²) in [7, 11) is 0. The van der Waals surface area contributed by atoms with Gasteiger partial charge in [0.1, 0.15) is 5.69 Å². The summed E-state index contributed by atoms with van der Waals surface area (Å²) in [6, 6.07) is 3.24. The van der Waals surface area contributed by atoms with E-state index < -0.39 is 0 Å². The van der Waals surface area contributed by atoms with Crippen molar-refractivity contribution in [3.8, 4) is 0 Å². The van der Waals surface area contributed by atoms with Gasteiger partial charge in [0.25, 0.3) is 0 Å². The molecule has 0 atom stereocenters. The molecule has 0 unspecified atom stereocenters. The molecule has 0 radical (unpaired) electrons. The zero-order chi connectivity index (χ0) is 11.5. The molecule has 0 amide bonds. The third kappa shape index (κ3) is 2.62. The Kier molecular flexibility index (Phi) is 4.23. The summed E-state index contributed by atoms with van der Waals surface area (Å²) in [6.45, 7) is 1.88. The molecule has 0 aliphatic rings. The largest absolute Gasteiger partial charge is 0.323 e. The molecule has 2 aromatic rings. The molecule has 2 N–H and O–H groups in total. The van der Waals surface area contributed by atoms with Crippen molar-refractivity contribution in [1.82, 2.24) is 15.0 Å². The Balaban J connectivity index is 0.00000144. The quantitative estimate of drug-likeness (QED) is 0.810. The minimum Gasteiger partial charge on any atom is -0.309 e. The number of aromatic amines is 2. The van der Waals surface area contributed by atoms with E-state index in [0.29, 0.717) is 23.4 Å². The van der Waals surface area contributed by atoms with Crippen molar-refractivity contribution in [1.29, 1.82) is 0 Å². The number of nitrogens with zero attached hydrogens (tertiary/aromatic N) is 1. The summed E-state index contributed by atoms with van der Waals surface area (Å²) >= 11 is 0. The van der Waals surface area contributed by atoms with Crippen molar-refractivity contribution in [3.63, 3.8) is 0 Å². The van der Waals surface area contributed by atoms with Crippen molar-refractivity contribution in [3.05, 3.63) is 52.0 Å². The van der Waals surface area contributed by atoms with E-state index in [0.717, 1.165) is 0 Å². The molecular formula is C11H12ClN3O2. The smallest absolute Gasteiger partial charge is 0.309 e. The molecule has 0 bridgehead atoms. The fourth-order valence-electron chi connectivity index (χ4n) is 1.53. The van der Waals surface area contributed by atoms with Crippen LogP contribution in [0, 0.1) is 0 Å². The number of nitrogens with one attached hydrogen (secondary N) is 2. The molecule has 0 spiro atoms. The Labute approximate surface area is 104 Å². The number of carbonyl (C=O) groups excluding carboxylic acids is 1. The Morgan fingerprint density at radius 1 is 1.29 bits per heavy atom. The third-order valence-electron chi connectivity index (χ3n) is 2.33. The summed E-state index contributed by atoms with van der Waals surface area (Å²) in [5.74, 6) is -0.197. The van der Waals surface area contributed by atoms with Crippen LogP contribution in [0.4, 0.5) is 0 Å². The van der Waals surface area contributed by atoms with Crippen molar-refractivity contribution in [2.75, 3.05) is 0 Å². The number of halogens is 1. The van der Waals surface area contributed by atoms with Crippen LogP contribution in [0.1, 0.15) is 28.7 Å². The van der Waals surface area contributed by atoms with Gasteiger partial charge >= 0.3 is 5.69 Å². The Morgan fingerprint density at radius 3 is 2.53 bits per heavy atom. The van der Waals surface area contributed by atoms with Crippen molar-refractivity contribution >= 4 is 18.2 Å². The first-order valence-electron chi connectivity index (χ1n) is 4.98. The van der Waals surface area contributed by atoms with Gasteiger partial charge in [-0.05, 0) is 18.6 Å². The second-order valence-corrected chi connectivity index (χ2v) is 3.35. The molecule has 5 nitrogen and oxygen atoms in total. The van der Waals surface area contributed by atoms with E-state index in [1.165, 1.54) is 0 Å². The van der Waals surface area contributed by atoms with Crippen LogP contribution >= 0.6 is 12.4 Å². The van der Waals surface area contributed by atoms with Crippen LogP contribution in [0.3, 0.4) is 0 Å². The van der Waals surface area contributed by atoms with E-state index in [1.54, 1.807) is 24.5 Å². The van der Waals surface area contributed by atoms with E-state index in [-0.39, 0.29) is 23.9 Å². The van der Waals surface area contributed by atoms with Gasteiger partial charge in [-0.25, -0.2) is 4.79 Å². The molecule has 90 valence electrons. The van der Waals surface area contributed by atoms with E-state index >= 15 is 0 Å². The number of H-pyrrole nitrogens is 2. The lowest BCUT2D eigenvalue weighted by Gasteiger charge is -1.99. The van der Waals surface area contributed by atoms with Gasteiger partial charge in [-0.1, -0.05) is 6.92 Å². The van der Waals surface area contributed by atoms with Crippen LogP contribution in [0.2, 0.25) is 0 Å². The predicted octanol–water partition coefficient (Wildman–Crippen LogP) is 1.31. The van der Waals surface area contributed by atoms with Crippen LogP contribution in [-0.2, 0) is 6.42 Å². The maximum absolute atomic E-state index is 12.0. The highest BCUT2D eigenvalue weighted by atomic mass is 35.5. The van der Waals surface area contributed by atoms with Crippen LogP contribution in [0.25, 0.3) is 0 Å². The molecule has 0 aliphatic carbocycles. The first-order chi connectivity index (χ1) is 7.72. The van der Waals surface area contributed by atoms with E-state index in [2.05, 4.69) is 15.0 Å².